The van der Waals surface area contributed by atoms with Crippen LogP contribution in [-0.4, -0.2) is 54.7 Å². The number of thiocarbonyl (C=S) groups is 1. The maximum Gasteiger partial charge on any atom is 0.173 e. The van der Waals surface area contributed by atoms with Crippen molar-refractivity contribution in [2.75, 3.05) is 45.2 Å². The van der Waals surface area contributed by atoms with Crippen LogP contribution in [0.4, 0.5) is 5.69 Å². The molecule has 5 heteroatoms. The number of likely N-dealkylation sites (N-methyl/N-ethyl adjacent to an activating group) is 1. The first kappa shape index (κ1) is 14.1. The Morgan fingerprint density at radius 2 is 1.84 bits per heavy atom. The Kier molecular flexibility index (Phi) is 4.99. The number of rotatable bonds is 3. The van der Waals surface area contributed by atoms with Gasteiger partial charge < -0.3 is 19.9 Å². The van der Waals surface area contributed by atoms with E-state index in [-0.39, 0.29) is 0 Å². The number of ether oxygens (including phenoxy) is 1. The molecule has 0 saturated carbocycles. The zero-order valence-corrected chi connectivity index (χ0v) is 12.4. The van der Waals surface area contributed by atoms with Crippen molar-refractivity contribution < 1.29 is 4.74 Å². The van der Waals surface area contributed by atoms with Crippen molar-refractivity contribution in [1.29, 1.82) is 0 Å². The summed E-state index contributed by atoms with van der Waals surface area (Å²) in [6.45, 7) is 7.48. The van der Waals surface area contributed by atoms with Gasteiger partial charge in [0, 0.05) is 31.9 Å². The van der Waals surface area contributed by atoms with Gasteiger partial charge in [0.15, 0.2) is 5.11 Å². The fourth-order valence-corrected chi connectivity index (χ4v) is 2.44. The van der Waals surface area contributed by atoms with E-state index in [4.69, 9.17) is 17.0 Å². The standard InChI is InChI=1S/C14H21N3OS/c1-3-16-8-10-17(11-9-16)14(19)15-12-4-6-13(18-2)7-5-12/h4-7H,3,8-11H2,1-2H3,(H,15,19). The summed E-state index contributed by atoms with van der Waals surface area (Å²) in [5, 5.41) is 4.09. The summed E-state index contributed by atoms with van der Waals surface area (Å²) in [6.07, 6.45) is 0. The van der Waals surface area contributed by atoms with Crippen molar-refractivity contribution in [3.8, 4) is 5.75 Å². The molecule has 1 N–H and O–H groups in total. The van der Waals surface area contributed by atoms with E-state index in [0.717, 1.165) is 49.3 Å². The van der Waals surface area contributed by atoms with Gasteiger partial charge in [0.1, 0.15) is 5.75 Å². The molecular formula is C14H21N3OS. The molecule has 2 rings (SSSR count). The van der Waals surface area contributed by atoms with Gasteiger partial charge in [0.25, 0.3) is 0 Å². The number of piperazine rings is 1. The Hall–Kier alpha value is -1.33. The van der Waals surface area contributed by atoms with Crippen LogP contribution in [0.3, 0.4) is 0 Å². The number of benzene rings is 1. The van der Waals surface area contributed by atoms with Crippen LogP contribution in [0.5, 0.6) is 5.75 Å². The van der Waals surface area contributed by atoms with Crippen LogP contribution in [0.25, 0.3) is 0 Å². The van der Waals surface area contributed by atoms with Crippen molar-refractivity contribution in [2.45, 2.75) is 6.92 Å². The molecule has 104 valence electrons. The number of nitrogens with zero attached hydrogens (tertiary/aromatic N) is 2. The topological polar surface area (TPSA) is 27.7 Å². The third-order valence-corrected chi connectivity index (χ3v) is 3.81. The second-order valence-electron chi connectivity index (χ2n) is 4.58. The summed E-state index contributed by atoms with van der Waals surface area (Å²) < 4.78 is 5.14. The van der Waals surface area contributed by atoms with Crippen LogP contribution in [0, 0.1) is 0 Å². The fourth-order valence-electron chi connectivity index (χ4n) is 2.14. The molecule has 1 heterocycles. The number of hydrogen-bond donors (Lipinski definition) is 1. The molecule has 1 aromatic rings. The first-order valence-corrected chi connectivity index (χ1v) is 7.06. The molecule has 1 aliphatic heterocycles. The van der Waals surface area contributed by atoms with E-state index in [9.17, 15) is 0 Å². The van der Waals surface area contributed by atoms with E-state index in [0.29, 0.717) is 0 Å². The summed E-state index contributed by atoms with van der Waals surface area (Å²) >= 11 is 5.46. The largest absolute Gasteiger partial charge is 0.497 e. The minimum absolute atomic E-state index is 0.806. The van der Waals surface area contributed by atoms with E-state index >= 15 is 0 Å². The monoisotopic (exact) mass is 279 g/mol. The van der Waals surface area contributed by atoms with E-state index < -0.39 is 0 Å². The molecule has 0 aliphatic carbocycles. The number of nitrogens with one attached hydrogen (secondary N) is 1. The highest BCUT2D eigenvalue weighted by Gasteiger charge is 2.17. The Morgan fingerprint density at radius 1 is 1.21 bits per heavy atom. The molecule has 0 amide bonds. The normalized spacial score (nSPS) is 16.2. The first-order chi connectivity index (χ1) is 9.22. The van der Waals surface area contributed by atoms with Gasteiger partial charge in [-0.15, -0.1) is 0 Å². The molecule has 19 heavy (non-hydrogen) atoms. The summed E-state index contributed by atoms with van der Waals surface area (Å²) in [6, 6.07) is 7.82. The molecule has 0 atom stereocenters. The summed E-state index contributed by atoms with van der Waals surface area (Å²) in [5.74, 6) is 0.855. The van der Waals surface area contributed by atoms with Crippen LogP contribution in [0.1, 0.15) is 6.92 Å². The Bertz CT molecular complexity index is 413. The zero-order chi connectivity index (χ0) is 13.7. The maximum absolute atomic E-state index is 5.46. The SMILES string of the molecule is CCN1CCN(C(=S)Nc2ccc(OC)cc2)CC1. The highest BCUT2D eigenvalue weighted by Crippen LogP contribution is 2.15. The smallest absolute Gasteiger partial charge is 0.173 e. The van der Waals surface area contributed by atoms with Crippen molar-refractivity contribution in [1.82, 2.24) is 9.80 Å². The van der Waals surface area contributed by atoms with E-state index in [1.807, 2.05) is 24.3 Å². The Balaban J connectivity index is 1.86. The van der Waals surface area contributed by atoms with Crippen molar-refractivity contribution in [2.24, 2.45) is 0 Å². The van der Waals surface area contributed by atoms with Crippen molar-refractivity contribution >= 4 is 23.0 Å². The second-order valence-corrected chi connectivity index (χ2v) is 4.97. The molecule has 4 nitrogen and oxygen atoms in total. The summed E-state index contributed by atoms with van der Waals surface area (Å²) in [7, 11) is 1.67. The van der Waals surface area contributed by atoms with Crippen LogP contribution < -0.4 is 10.1 Å². The molecule has 1 aromatic carbocycles. The Morgan fingerprint density at radius 3 is 2.37 bits per heavy atom. The average Bonchev–Trinajstić information content (AvgIpc) is 2.48. The molecule has 0 bridgehead atoms. The second kappa shape index (κ2) is 6.73. The fraction of sp³-hybridized carbons (Fsp3) is 0.500. The average molecular weight is 279 g/mol. The lowest BCUT2D eigenvalue weighted by atomic mass is 10.3. The van der Waals surface area contributed by atoms with Crippen LogP contribution >= 0.6 is 12.2 Å². The molecule has 1 saturated heterocycles. The quantitative estimate of drug-likeness (QED) is 0.855. The highest BCUT2D eigenvalue weighted by molar-refractivity contribution is 7.80. The highest BCUT2D eigenvalue weighted by atomic mass is 32.1. The van der Waals surface area contributed by atoms with Gasteiger partial charge in [-0.1, -0.05) is 6.92 Å². The van der Waals surface area contributed by atoms with Crippen molar-refractivity contribution in [3.05, 3.63) is 24.3 Å². The van der Waals surface area contributed by atoms with Gasteiger partial charge in [0.2, 0.25) is 0 Å². The lowest BCUT2D eigenvalue weighted by Gasteiger charge is -2.35. The minimum Gasteiger partial charge on any atom is -0.497 e. The maximum atomic E-state index is 5.46. The van der Waals surface area contributed by atoms with Crippen LogP contribution in [-0.2, 0) is 0 Å². The van der Waals surface area contributed by atoms with Gasteiger partial charge >= 0.3 is 0 Å². The first-order valence-electron chi connectivity index (χ1n) is 6.65. The number of methoxy groups -OCH3 is 1. The third-order valence-electron chi connectivity index (χ3n) is 3.45. The van der Waals surface area contributed by atoms with Gasteiger partial charge in [-0.2, -0.15) is 0 Å². The van der Waals surface area contributed by atoms with Gasteiger partial charge in [-0.3, -0.25) is 0 Å². The molecule has 1 fully saturated rings. The van der Waals surface area contributed by atoms with E-state index in [1.165, 1.54) is 0 Å². The van der Waals surface area contributed by atoms with Crippen molar-refractivity contribution in [3.63, 3.8) is 0 Å². The molecule has 0 radical (unpaired) electrons. The van der Waals surface area contributed by atoms with Gasteiger partial charge in [-0.05, 0) is 43.0 Å². The minimum atomic E-state index is 0.806. The molecule has 0 unspecified atom stereocenters. The number of anilines is 1. The Labute approximate surface area is 120 Å². The van der Waals surface area contributed by atoms with E-state index in [2.05, 4.69) is 22.0 Å². The molecular weight excluding hydrogens is 258 g/mol. The molecule has 1 aliphatic rings. The lowest BCUT2D eigenvalue weighted by molar-refractivity contribution is 0.191. The third kappa shape index (κ3) is 3.81. The summed E-state index contributed by atoms with van der Waals surface area (Å²) in [4.78, 5) is 4.66. The zero-order valence-electron chi connectivity index (χ0n) is 11.6. The predicted octanol–water partition coefficient (Wildman–Crippen LogP) is 2.03. The lowest BCUT2D eigenvalue weighted by Crippen LogP contribution is -2.49. The number of hydrogen-bond acceptors (Lipinski definition) is 3. The van der Waals surface area contributed by atoms with Crippen LogP contribution in [0.2, 0.25) is 0 Å². The van der Waals surface area contributed by atoms with E-state index in [1.54, 1.807) is 7.11 Å². The molecule has 0 aromatic heterocycles. The molecule has 0 spiro atoms. The van der Waals surface area contributed by atoms with Gasteiger partial charge in [0.05, 0.1) is 7.11 Å². The summed E-state index contributed by atoms with van der Waals surface area (Å²) in [5.41, 5.74) is 1.00. The van der Waals surface area contributed by atoms with Gasteiger partial charge in [-0.25, -0.2) is 0 Å². The van der Waals surface area contributed by atoms with Crippen LogP contribution in [0.15, 0.2) is 24.3 Å². The predicted molar refractivity (Wildman–Crippen MR) is 82.9 cm³/mol.